The molecule has 0 aliphatic carbocycles. The molecule has 3 heterocycles. The van der Waals surface area contributed by atoms with Crippen LogP contribution in [0.25, 0.3) is 11.8 Å². The molecule has 0 saturated carbocycles. The summed E-state index contributed by atoms with van der Waals surface area (Å²) < 4.78 is 5.36. The third-order valence-corrected chi connectivity index (χ3v) is 5.99. The number of fused-ring (bicyclic) bond motifs is 3. The molecule has 8 nitrogen and oxygen atoms in total. The molecule has 0 bridgehead atoms. The molecule has 0 atom stereocenters. The average Bonchev–Trinajstić information content (AvgIpc) is 3.21. The van der Waals surface area contributed by atoms with Gasteiger partial charge < -0.3 is 15.0 Å². The first-order valence-electron chi connectivity index (χ1n) is 10.5. The molecule has 3 aromatic rings. The van der Waals surface area contributed by atoms with Gasteiger partial charge in [-0.2, -0.15) is 4.98 Å². The van der Waals surface area contributed by atoms with Gasteiger partial charge in [0.2, 0.25) is 11.9 Å². The molecular weight excluding hydrogens is 440 g/mol. The molecule has 1 N–H and O–H groups in total. The van der Waals surface area contributed by atoms with Gasteiger partial charge in [-0.05, 0) is 48.5 Å². The maximum atomic E-state index is 12.8. The van der Waals surface area contributed by atoms with Crippen molar-refractivity contribution in [2.45, 2.75) is 6.42 Å². The SMILES string of the molecule is COc1ccc(Cl)c(C2=Cc3cnc(Nc4ccc(N(C)C)cc4)nc3N3CCC(=O)N23)c1. The summed E-state index contributed by atoms with van der Waals surface area (Å²) in [6.07, 6.45) is 4.04. The summed E-state index contributed by atoms with van der Waals surface area (Å²) in [5.74, 6) is 1.78. The number of carbonyl (C=O) groups is 1. The highest BCUT2D eigenvalue weighted by molar-refractivity contribution is 6.32. The summed E-state index contributed by atoms with van der Waals surface area (Å²) in [5.41, 5.74) is 4.18. The monoisotopic (exact) mass is 462 g/mol. The van der Waals surface area contributed by atoms with Gasteiger partial charge in [-0.1, -0.05) is 11.6 Å². The summed E-state index contributed by atoms with van der Waals surface area (Å²) >= 11 is 6.50. The maximum Gasteiger partial charge on any atom is 0.247 e. The zero-order valence-electron chi connectivity index (χ0n) is 18.5. The Morgan fingerprint density at radius 3 is 2.67 bits per heavy atom. The summed E-state index contributed by atoms with van der Waals surface area (Å²) in [5, 5.41) is 7.31. The van der Waals surface area contributed by atoms with Crippen molar-refractivity contribution in [1.82, 2.24) is 15.0 Å². The van der Waals surface area contributed by atoms with Gasteiger partial charge in [0.15, 0.2) is 5.82 Å². The van der Waals surface area contributed by atoms with Crippen LogP contribution in [0.4, 0.5) is 23.1 Å². The fraction of sp³-hybridized carbons (Fsp3) is 0.208. The summed E-state index contributed by atoms with van der Waals surface area (Å²) in [4.78, 5) is 24.1. The molecule has 5 rings (SSSR count). The molecule has 2 aliphatic heterocycles. The van der Waals surface area contributed by atoms with Gasteiger partial charge in [-0.3, -0.25) is 9.80 Å². The lowest BCUT2D eigenvalue weighted by Gasteiger charge is -2.35. The van der Waals surface area contributed by atoms with Crippen LogP contribution in [0.15, 0.2) is 48.7 Å². The smallest absolute Gasteiger partial charge is 0.247 e. The number of nitrogens with zero attached hydrogens (tertiary/aromatic N) is 5. The molecular formula is C24H23ClN6O2. The molecule has 33 heavy (non-hydrogen) atoms. The third-order valence-electron chi connectivity index (χ3n) is 5.67. The van der Waals surface area contributed by atoms with Gasteiger partial charge in [0.25, 0.3) is 0 Å². The lowest BCUT2D eigenvalue weighted by molar-refractivity contribution is -0.125. The molecule has 1 saturated heterocycles. The van der Waals surface area contributed by atoms with Crippen molar-refractivity contribution < 1.29 is 9.53 Å². The standard InChI is InChI=1S/C24H23ClN6O2/c1-29(2)17-6-4-16(5-7-17)27-24-26-14-15-12-21(19-13-18(33-3)8-9-20(19)25)31-22(32)10-11-30(31)23(15)28-24/h4-9,12-14H,10-11H2,1-3H3,(H,26,27,28). The van der Waals surface area contributed by atoms with E-state index < -0.39 is 0 Å². The van der Waals surface area contributed by atoms with Crippen molar-refractivity contribution in [2.75, 3.05) is 43.0 Å². The molecule has 9 heteroatoms. The molecule has 1 fully saturated rings. The van der Waals surface area contributed by atoms with E-state index in [1.54, 1.807) is 30.4 Å². The quantitative estimate of drug-likeness (QED) is 0.601. The second kappa shape index (κ2) is 8.29. The van der Waals surface area contributed by atoms with E-state index in [0.717, 1.165) is 16.9 Å². The van der Waals surface area contributed by atoms with Crippen LogP contribution in [0.3, 0.4) is 0 Å². The van der Waals surface area contributed by atoms with Crippen LogP contribution >= 0.6 is 11.6 Å². The van der Waals surface area contributed by atoms with Gasteiger partial charge in [0, 0.05) is 49.2 Å². The van der Waals surface area contributed by atoms with E-state index in [1.165, 1.54) is 0 Å². The Labute approximate surface area is 197 Å². The van der Waals surface area contributed by atoms with Gasteiger partial charge in [-0.25, -0.2) is 9.99 Å². The van der Waals surface area contributed by atoms with Crippen LogP contribution in [0.5, 0.6) is 5.75 Å². The second-order valence-corrected chi connectivity index (χ2v) is 8.40. The molecule has 0 spiro atoms. The lowest BCUT2D eigenvalue weighted by Crippen LogP contribution is -2.40. The van der Waals surface area contributed by atoms with Crippen LogP contribution in [0.2, 0.25) is 5.02 Å². The van der Waals surface area contributed by atoms with Crippen molar-refractivity contribution in [1.29, 1.82) is 0 Å². The van der Waals surface area contributed by atoms with E-state index in [-0.39, 0.29) is 5.91 Å². The Balaban J connectivity index is 1.52. The van der Waals surface area contributed by atoms with Gasteiger partial charge in [0.1, 0.15) is 5.75 Å². The van der Waals surface area contributed by atoms with E-state index in [2.05, 4.69) is 10.3 Å². The number of rotatable bonds is 5. The molecule has 2 aromatic carbocycles. The first-order chi connectivity index (χ1) is 15.9. The molecule has 168 valence electrons. The van der Waals surface area contributed by atoms with Crippen LogP contribution in [0, 0.1) is 0 Å². The van der Waals surface area contributed by atoms with E-state index in [0.29, 0.717) is 46.8 Å². The van der Waals surface area contributed by atoms with E-state index in [1.807, 2.05) is 60.4 Å². The highest BCUT2D eigenvalue weighted by Crippen LogP contribution is 2.41. The van der Waals surface area contributed by atoms with Crippen LogP contribution in [-0.4, -0.2) is 48.6 Å². The number of amides is 1. The number of hydrogen-bond acceptors (Lipinski definition) is 7. The highest BCUT2D eigenvalue weighted by Gasteiger charge is 2.38. The van der Waals surface area contributed by atoms with Crippen molar-refractivity contribution >= 4 is 52.4 Å². The van der Waals surface area contributed by atoms with Crippen molar-refractivity contribution in [3.05, 3.63) is 64.8 Å². The Kier molecular flexibility index (Phi) is 5.30. The molecule has 2 aliphatic rings. The summed E-state index contributed by atoms with van der Waals surface area (Å²) in [7, 11) is 5.60. The van der Waals surface area contributed by atoms with Crippen molar-refractivity contribution in [3.63, 3.8) is 0 Å². The summed E-state index contributed by atoms with van der Waals surface area (Å²) in [6.45, 7) is 0.527. The number of hydrazine groups is 1. The first kappa shape index (κ1) is 21.1. The Morgan fingerprint density at radius 2 is 1.94 bits per heavy atom. The van der Waals surface area contributed by atoms with E-state index in [4.69, 9.17) is 21.3 Å². The number of hydrogen-bond donors (Lipinski definition) is 1. The van der Waals surface area contributed by atoms with Crippen LogP contribution < -0.4 is 20.0 Å². The van der Waals surface area contributed by atoms with Crippen molar-refractivity contribution in [3.8, 4) is 5.75 Å². The number of aromatic nitrogens is 2. The Bertz CT molecular complexity index is 1260. The predicted octanol–water partition coefficient (Wildman–Crippen LogP) is 4.41. The van der Waals surface area contributed by atoms with Gasteiger partial charge in [0.05, 0.1) is 24.4 Å². The Morgan fingerprint density at radius 1 is 1.15 bits per heavy atom. The zero-order valence-corrected chi connectivity index (χ0v) is 19.3. The molecule has 1 amide bonds. The largest absolute Gasteiger partial charge is 0.497 e. The fourth-order valence-corrected chi connectivity index (χ4v) is 4.17. The fourth-order valence-electron chi connectivity index (χ4n) is 3.96. The van der Waals surface area contributed by atoms with Crippen LogP contribution in [-0.2, 0) is 4.79 Å². The zero-order chi connectivity index (χ0) is 23.1. The number of carbonyl (C=O) groups excluding carboxylic acids is 1. The number of halogens is 1. The predicted molar refractivity (Wildman–Crippen MR) is 131 cm³/mol. The minimum Gasteiger partial charge on any atom is -0.497 e. The third kappa shape index (κ3) is 3.82. The van der Waals surface area contributed by atoms with E-state index >= 15 is 0 Å². The first-order valence-corrected chi connectivity index (χ1v) is 10.9. The second-order valence-electron chi connectivity index (χ2n) is 7.99. The number of methoxy groups -OCH3 is 1. The normalized spacial score (nSPS) is 14.5. The van der Waals surface area contributed by atoms with Crippen LogP contribution in [0.1, 0.15) is 17.5 Å². The average molecular weight is 463 g/mol. The van der Waals surface area contributed by atoms with Gasteiger partial charge >= 0.3 is 0 Å². The van der Waals surface area contributed by atoms with Gasteiger partial charge in [-0.15, -0.1) is 0 Å². The van der Waals surface area contributed by atoms with E-state index in [9.17, 15) is 4.79 Å². The molecule has 0 radical (unpaired) electrons. The minimum atomic E-state index is -0.0156. The summed E-state index contributed by atoms with van der Waals surface area (Å²) in [6, 6.07) is 13.4. The number of anilines is 4. The lowest BCUT2D eigenvalue weighted by atomic mass is 10.1. The molecule has 1 aromatic heterocycles. The van der Waals surface area contributed by atoms with Crippen molar-refractivity contribution in [2.24, 2.45) is 0 Å². The molecule has 0 unspecified atom stereocenters. The number of nitrogens with one attached hydrogen (secondary N) is 1. The maximum absolute atomic E-state index is 12.8. The minimum absolute atomic E-state index is 0.0156. The number of ether oxygens (including phenoxy) is 1. The number of benzene rings is 2. The Hall–Kier alpha value is -3.78. The topological polar surface area (TPSA) is 73.8 Å². The highest BCUT2D eigenvalue weighted by atomic mass is 35.5.